The molecule has 0 spiro atoms. The highest BCUT2D eigenvalue weighted by molar-refractivity contribution is 5.79. The van der Waals surface area contributed by atoms with Crippen LogP contribution in [0.4, 0.5) is 0 Å². The molecule has 1 fully saturated rings. The minimum absolute atomic E-state index is 0.0304. The van der Waals surface area contributed by atoms with Crippen molar-refractivity contribution in [2.75, 3.05) is 14.2 Å². The van der Waals surface area contributed by atoms with Gasteiger partial charge in [0.1, 0.15) is 0 Å². The summed E-state index contributed by atoms with van der Waals surface area (Å²) in [5.74, 6) is -0.877. The maximum Gasteiger partial charge on any atom is 0.305 e. The number of amides is 1. The average Bonchev–Trinajstić information content (AvgIpc) is 2.37. The van der Waals surface area contributed by atoms with Gasteiger partial charge in [-0.15, -0.1) is 0 Å². The number of nitrogens with zero attached hydrogens (tertiary/aromatic N) is 1. The zero-order chi connectivity index (χ0) is 15.4. The highest BCUT2D eigenvalue weighted by Gasteiger charge is 2.41. The Bertz CT molecular complexity index is 359. The molecule has 1 amide bonds. The zero-order valence-corrected chi connectivity index (χ0v) is 13.1. The first kappa shape index (κ1) is 17.0. The molecule has 0 saturated heterocycles. The number of carbonyl (C=O) groups excluding carboxylic acids is 1. The van der Waals surface area contributed by atoms with Crippen molar-refractivity contribution >= 4 is 11.9 Å². The lowest BCUT2D eigenvalue weighted by Crippen LogP contribution is -2.53. The lowest BCUT2D eigenvalue weighted by Gasteiger charge is -2.44. The van der Waals surface area contributed by atoms with Gasteiger partial charge in [0.25, 0.3) is 0 Å². The van der Waals surface area contributed by atoms with E-state index >= 15 is 0 Å². The van der Waals surface area contributed by atoms with Gasteiger partial charge < -0.3 is 14.7 Å². The molecule has 0 unspecified atom stereocenters. The second kappa shape index (κ2) is 6.57. The minimum Gasteiger partial charge on any atom is -0.481 e. The van der Waals surface area contributed by atoms with Crippen molar-refractivity contribution in [1.29, 1.82) is 0 Å². The van der Waals surface area contributed by atoms with Gasteiger partial charge in [-0.05, 0) is 26.7 Å². The first-order valence-corrected chi connectivity index (χ1v) is 7.26. The van der Waals surface area contributed by atoms with Crippen molar-refractivity contribution in [2.45, 2.75) is 69.9 Å². The third-order valence-electron chi connectivity index (χ3n) is 4.48. The molecule has 0 heterocycles. The Labute approximate surface area is 121 Å². The lowest BCUT2D eigenvalue weighted by atomic mass is 9.77. The molecule has 5 heteroatoms. The quantitative estimate of drug-likeness (QED) is 0.814. The van der Waals surface area contributed by atoms with Crippen molar-refractivity contribution in [3.8, 4) is 0 Å². The highest BCUT2D eigenvalue weighted by atomic mass is 16.5. The summed E-state index contributed by atoms with van der Waals surface area (Å²) >= 11 is 0. The SMILES string of the molecule is COC(C)(C)CC(=O)N(C)C1(CC(=O)O)CCCCC1. The number of hydrogen-bond acceptors (Lipinski definition) is 3. The van der Waals surface area contributed by atoms with Crippen LogP contribution in [0.1, 0.15) is 58.8 Å². The smallest absolute Gasteiger partial charge is 0.305 e. The van der Waals surface area contributed by atoms with Crippen LogP contribution in [0.25, 0.3) is 0 Å². The van der Waals surface area contributed by atoms with Crippen LogP contribution in [0.2, 0.25) is 0 Å². The normalized spacial score (nSPS) is 18.6. The van der Waals surface area contributed by atoms with Crippen LogP contribution in [-0.2, 0) is 14.3 Å². The Morgan fingerprint density at radius 2 is 1.80 bits per heavy atom. The van der Waals surface area contributed by atoms with E-state index in [0.717, 1.165) is 32.1 Å². The van der Waals surface area contributed by atoms with Crippen molar-refractivity contribution in [2.24, 2.45) is 0 Å². The van der Waals surface area contributed by atoms with Crippen LogP contribution >= 0.6 is 0 Å². The van der Waals surface area contributed by atoms with Gasteiger partial charge in [-0.2, -0.15) is 0 Å². The summed E-state index contributed by atoms with van der Waals surface area (Å²) in [4.78, 5) is 25.3. The topological polar surface area (TPSA) is 66.8 Å². The van der Waals surface area contributed by atoms with Gasteiger partial charge in [0.15, 0.2) is 0 Å². The predicted octanol–water partition coefficient (Wildman–Crippen LogP) is 2.44. The summed E-state index contributed by atoms with van der Waals surface area (Å²) < 4.78 is 5.30. The summed E-state index contributed by atoms with van der Waals surface area (Å²) in [6.45, 7) is 3.73. The van der Waals surface area contributed by atoms with E-state index in [4.69, 9.17) is 4.74 Å². The van der Waals surface area contributed by atoms with E-state index in [1.807, 2.05) is 13.8 Å². The molecule has 20 heavy (non-hydrogen) atoms. The van der Waals surface area contributed by atoms with E-state index in [2.05, 4.69) is 0 Å². The second-order valence-corrected chi connectivity index (χ2v) is 6.45. The molecule has 0 aromatic heterocycles. The van der Waals surface area contributed by atoms with Gasteiger partial charge in [0, 0.05) is 14.2 Å². The third kappa shape index (κ3) is 4.20. The summed E-state index contributed by atoms with van der Waals surface area (Å²) in [5, 5.41) is 9.18. The molecule has 1 aliphatic rings. The molecule has 5 nitrogen and oxygen atoms in total. The second-order valence-electron chi connectivity index (χ2n) is 6.45. The zero-order valence-electron chi connectivity index (χ0n) is 13.1. The van der Waals surface area contributed by atoms with Crippen molar-refractivity contribution < 1.29 is 19.4 Å². The molecule has 1 rings (SSSR count). The fraction of sp³-hybridized carbons (Fsp3) is 0.867. The number of aliphatic carboxylic acids is 1. The Morgan fingerprint density at radius 3 is 2.25 bits per heavy atom. The summed E-state index contributed by atoms with van der Waals surface area (Å²) in [6, 6.07) is 0. The van der Waals surface area contributed by atoms with Gasteiger partial charge in [0.2, 0.25) is 5.91 Å². The predicted molar refractivity (Wildman–Crippen MR) is 76.5 cm³/mol. The third-order valence-corrected chi connectivity index (χ3v) is 4.48. The molecule has 1 saturated carbocycles. The van der Waals surface area contributed by atoms with Crippen LogP contribution < -0.4 is 0 Å². The standard InChI is InChI=1S/C15H27NO4/c1-14(2,20-4)10-12(17)16(3)15(11-13(18)19)8-6-5-7-9-15/h5-11H2,1-4H3,(H,18,19). The molecule has 116 valence electrons. The average molecular weight is 285 g/mol. The van der Waals surface area contributed by atoms with Crippen LogP contribution in [0.3, 0.4) is 0 Å². The number of hydrogen-bond donors (Lipinski definition) is 1. The van der Waals surface area contributed by atoms with Gasteiger partial charge in [0.05, 0.1) is 24.0 Å². The molecule has 0 aliphatic heterocycles. The Kier molecular flexibility index (Phi) is 5.57. The molecule has 0 aromatic carbocycles. The number of ether oxygens (including phenoxy) is 1. The van der Waals surface area contributed by atoms with Crippen LogP contribution in [0.5, 0.6) is 0 Å². The molecule has 0 atom stereocenters. The van der Waals surface area contributed by atoms with Crippen molar-refractivity contribution in [3.05, 3.63) is 0 Å². The Morgan fingerprint density at radius 1 is 1.25 bits per heavy atom. The molecule has 0 aromatic rings. The van der Waals surface area contributed by atoms with E-state index in [0.29, 0.717) is 0 Å². The molecular weight excluding hydrogens is 258 g/mol. The maximum atomic E-state index is 12.5. The fourth-order valence-corrected chi connectivity index (χ4v) is 2.94. The molecule has 0 radical (unpaired) electrons. The molecular formula is C15H27NO4. The van der Waals surface area contributed by atoms with Crippen LogP contribution in [-0.4, -0.2) is 47.2 Å². The van der Waals surface area contributed by atoms with Crippen molar-refractivity contribution in [1.82, 2.24) is 4.90 Å². The van der Waals surface area contributed by atoms with Gasteiger partial charge in [-0.3, -0.25) is 9.59 Å². The monoisotopic (exact) mass is 285 g/mol. The van der Waals surface area contributed by atoms with E-state index in [1.54, 1.807) is 19.1 Å². The number of carboxylic acid groups (broad SMARTS) is 1. The van der Waals surface area contributed by atoms with Crippen LogP contribution in [0.15, 0.2) is 0 Å². The van der Waals surface area contributed by atoms with Gasteiger partial charge in [-0.1, -0.05) is 19.3 Å². The largest absolute Gasteiger partial charge is 0.481 e. The Hall–Kier alpha value is -1.10. The summed E-state index contributed by atoms with van der Waals surface area (Å²) in [5.41, 5.74) is -1.05. The van der Waals surface area contributed by atoms with Crippen molar-refractivity contribution in [3.63, 3.8) is 0 Å². The molecule has 0 bridgehead atoms. The summed E-state index contributed by atoms with van der Waals surface area (Å²) in [7, 11) is 3.32. The number of carbonyl (C=O) groups is 2. The molecule has 1 aliphatic carbocycles. The van der Waals surface area contributed by atoms with E-state index < -0.39 is 17.1 Å². The fourth-order valence-electron chi connectivity index (χ4n) is 2.94. The highest BCUT2D eigenvalue weighted by Crippen LogP contribution is 2.36. The minimum atomic E-state index is -0.836. The lowest BCUT2D eigenvalue weighted by molar-refractivity contribution is -0.148. The van der Waals surface area contributed by atoms with Gasteiger partial charge in [-0.25, -0.2) is 0 Å². The Balaban J connectivity index is 2.84. The van der Waals surface area contributed by atoms with E-state index in [1.165, 1.54) is 0 Å². The molecule has 1 N–H and O–H groups in total. The first-order chi connectivity index (χ1) is 9.22. The number of carboxylic acids is 1. The summed E-state index contributed by atoms with van der Waals surface area (Å²) in [6.07, 6.45) is 4.93. The van der Waals surface area contributed by atoms with E-state index in [9.17, 15) is 14.7 Å². The van der Waals surface area contributed by atoms with E-state index in [-0.39, 0.29) is 18.7 Å². The van der Waals surface area contributed by atoms with Crippen LogP contribution in [0, 0.1) is 0 Å². The first-order valence-electron chi connectivity index (χ1n) is 7.26. The maximum absolute atomic E-state index is 12.5. The van der Waals surface area contributed by atoms with Gasteiger partial charge >= 0.3 is 5.97 Å². The number of methoxy groups -OCH3 is 1. The number of rotatable bonds is 6.